The van der Waals surface area contributed by atoms with Gasteiger partial charge in [0.25, 0.3) is 0 Å². The van der Waals surface area contributed by atoms with Crippen molar-refractivity contribution in [3.05, 3.63) is 28.5 Å². The zero-order chi connectivity index (χ0) is 17.1. The van der Waals surface area contributed by atoms with Crippen LogP contribution in [0.3, 0.4) is 0 Å². The van der Waals surface area contributed by atoms with E-state index in [0.717, 1.165) is 5.69 Å². The fourth-order valence-corrected chi connectivity index (χ4v) is 3.43. The summed E-state index contributed by atoms with van der Waals surface area (Å²) in [5.41, 5.74) is 0.769. The SMILES string of the molecule is Cc1nc(CN2C[C@@H](F)C[C@H]2CN(C)C(=O)Nc2ccsc2)no1. The molecule has 0 spiro atoms. The maximum Gasteiger partial charge on any atom is 0.321 e. The molecule has 1 fully saturated rings. The van der Waals surface area contributed by atoms with Crippen molar-refractivity contribution in [3.63, 3.8) is 0 Å². The van der Waals surface area contributed by atoms with Gasteiger partial charge in [0.05, 0.1) is 12.2 Å². The topological polar surface area (TPSA) is 74.5 Å². The lowest BCUT2D eigenvalue weighted by atomic mass is 10.2. The minimum Gasteiger partial charge on any atom is -0.340 e. The van der Waals surface area contributed by atoms with Crippen LogP contribution in [0, 0.1) is 6.92 Å². The van der Waals surface area contributed by atoms with Crippen LogP contribution in [0.2, 0.25) is 0 Å². The number of amides is 2. The van der Waals surface area contributed by atoms with Crippen LogP contribution in [0.15, 0.2) is 21.3 Å². The van der Waals surface area contributed by atoms with Crippen molar-refractivity contribution >= 4 is 23.1 Å². The number of likely N-dealkylation sites (tertiary alicyclic amines) is 1. The van der Waals surface area contributed by atoms with E-state index in [1.54, 1.807) is 18.9 Å². The Morgan fingerprint density at radius 2 is 2.46 bits per heavy atom. The van der Waals surface area contributed by atoms with Gasteiger partial charge in [0.15, 0.2) is 5.82 Å². The van der Waals surface area contributed by atoms with Gasteiger partial charge in [-0.2, -0.15) is 16.3 Å². The first kappa shape index (κ1) is 16.8. The highest BCUT2D eigenvalue weighted by Gasteiger charge is 2.34. The van der Waals surface area contributed by atoms with Crippen LogP contribution >= 0.6 is 11.3 Å². The molecule has 3 heterocycles. The Morgan fingerprint density at radius 3 is 3.12 bits per heavy atom. The molecule has 2 aromatic rings. The van der Waals surface area contributed by atoms with Gasteiger partial charge in [-0.25, -0.2) is 9.18 Å². The van der Waals surface area contributed by atoms with Crippen molar-refractivity contribution in [3.8, 4) is 0 Å². The molecule has 9 heteroatoms. The molecule has 3 rings (SSSR count). The second-order valence-electron chi connectivity index (χ2n) is 5.97. The lowest BCUT2D eigenvalue weighted by molar-refractivity contribution is 0.179. The summed E-state index contributed by atoms with van der Waals surface area (Å²) in [5.74, 6) is 1.03. The van der Waals surface area contributed by atoms with E-state index in [0.29, 0.717) is 37.8 Å². The Bertz CT molecular complexity index is 677. The number of aryl methyl sites for hydroxylation is 1. The number of nitrogens with zero attached hydrogens (tertiary/aromatic N) is 4. The average Bonchev–Trinajstić information content (AvgIpc) is 3.23. The van der Waals surface area contributed by atoms with Gasteiger partial charge < -0.3 is 14.7 Å². The maximum atomic E-state index is 13.9. The van der Waals surface area contributed by atoms with E-state index in [-0.39, 0.29) is 12.1 Å². The number of halogens is 1. The third-order valence-corrected chi connectivity index (χ3v) is 4.68. The van der Waals surface area contributed by atoms with E-state index in [1.165, 1.54) is 11.3 Å². The number of hydrogen-bond donors (Lipinski definition) is 1. The number of nitrogens with one attached hydrogen (secondary N) is 1. The summed E-state index contributed by atoms with van der Waals surface area (Å²) in [5, 5.41) is 10.4. The molecule has 2 amide bonds. The van der Waals surface area contributed by atoms with E-state index in [4.69, 9.17) is 4.52 Å². The predicted molar refractivity (Wildman–Crippen MR) is 88.7 cm³/mol. The van der Waals surface area contributed by atoms with Gasteiger partial charge in [-0.3, -0.25) is 4.90 Å². The Kier molecular flexibility index (Phi) is 5.10. The molecule has 1 saturated heterocycles. The number of hydrogen-bond acceptors (Lipinski definition) is 6. The summed E-state index contributed by atoms with van der Waals surface area (Å²) >= 11 is 1.52. The number of aromatic nitrogens is 2. The van der Waals surface area contributed by atoms with Crippen molar-refractivity contribution in [1.82, 2.24) is 19.9 Å². The van der Waals surface area contributed by atoms with Crippen LogP contribution in [0.1, 0.15) is 18.1 Å². The van der Waals surface area contributed by atoms with Gasteiger partial charge in [-0.1, -0.05) is 5.16 Å². The second-order valence-corrected chi connectivity index (χ2v) is 6.75. The number of carbonyl (C=O) groups is 1. The molecular weight excluding hydrogens is 333 g/mol. The number of rotatable bonds is 5. The van der Waals surface area contributed by atoms with E-state index in [9.17, 15) is 9.18 Å². The molecule has 1 N–H and O–H groups in total. The maximum absolute atomic E-state index is 13.9. The van der Waals surface area contributed by atoms with Crippen molar-refractivity contribution in [2.75, 3.05) is 25.5 Å². The predicted octanol–water partition coefficient (Wildman–Crippen LogP) is 2.52. The fraction of sp³-hybridized carbons (Fsp3) is 0.533. The zero-order valence-electron chi connectivity index (χ0n) is 13.6. The van der Waals surface area contributed by atoms with E-state index >= 15 is 0 Å². The van der Waals surface area contributed by atoms with Crippen LogP contribution in [-0.2, 0) is 6.54 Å². The first-order valence-corrected chi connectivity index (χ1v) is 8.67. The Balaban J connectivity index is 1.58. The van der Waals surface area contributed by atoms with Gasteiger partial charge in [0.2, 0.25) is 5.89 Å². The second kappa shape index (κ2) is 7.27. The number of anilines is 1. The largest absolute Gasteiger partial charge is 0.340 e. The smallest absolute Gasteiger partial charge is 0.321 e. The molecule has 0 saturated carbocycles. The fourth-order valence-electron chi connectivity index (χ4n) is 2.85. The molecule has 0 bridgehead atoms. The Labute approximate surface area is 143 Å². The molecule has 0 unspecified atom stereocenters. The summed E-state index contributed by atoms with van der Waals surface area (Å²) in [6.07, 6.45) is -0.510. The number of thiophene rings is 1. The van der Waals surface area contributed by atoms with Crippen molar-refractivity contribution in [1.29, 1.82) is 0 Å². The summed E-state index contributed by atoms with van der Waals surface area (Å²) < 4.78 is 18.8. The first-order valence-electron chi connectivity index (χ1n) is 7.73. The molecule has 0 aromatic carbocycles. The highest BCUT2D eigenvalue weighted by atomic mass is 32.1. The number of carbonyl (C=O) groups excluding carboxylic acids is 1. The number of likely N-dealkylation sites (N-methyl/N-ethyl adjacent to an activating group) is 1. The van der Waals surface area contributed by atoms with E-state index < -0.39 is 6.17 Å². The van der Waals surface area contributed by atoms with E-state index in [2.05, 4.69) is 15.5 Å². The normalized spacial score (nSPS) is 21.1. The standard InChI is InChI=1S/C15H20FN5O2S/c1-10-17-14(19-23-10)8-21-6-11(16)5-13(21)7-20(2)15(22)18-12-3-4-24-9-12/h3-4,9,11,13H,5-8H2,1-2H3,(H,18,22)/t11-,13-/m0/s1. The van der Waals surface area contributed by atoms with Gasteiger partial charge in [0, 0.05) is 38.5 Å². The van der Waals surface area contributed by atoms with E-state index in [1.807, 2.05) is 21.7 Å². The van der Waals surface area contributed by atoms with Crippen LogP contribution in [0.5, 0.6) is 0 Å². The minimum absolute atomic E-state index is 0.0722. The molecule has 1 aliphatic heterocycles. The first-order chi connectivity index (χ1) is 11.5. The molecule has 2 atom stereocenters. The molecule has 1 aliphatic rings. The van der Waals surface area contributed by atoms with Gasteiger partial charge in [-0.05, 0) is 17.9 Å². The molecule has 2 aromatic heterocycles. The number of alkyl halides is 1. The van der Waals surface area contributed by atoms with Crippen LogP contribution in [-0.4, -0.2) is 58.3 Å². The van der Waals surface area contributed by atoms with Crippen molar-refractivity contribution in [2.45, 2.75) is 32.1 Å². The Hall–Kier alpha value is -2.00. The van der Waals surface area contributed by atoms with Crippen molar-refractivity contribution < 1.29 is 13.7 Å². The van der Waals surface area contributed by atoms with Crippen LogP contribution in [0.25, 0.3) is 0 Å². The van der Waals surface area contributed by atoms with Gasteiger partial charge in [-0.15, -0.1) is 0 Å². The summed E-state index contributed by atoms with van der Waals surface area (Å²) in [6.45, 7) is 2.90. The third-order valence-electron chi connectivity index (χ3n) is 3.99. The van der Waals surface area contributed by atoms with Gasteiger partial charge in [0.1, 0.15) is 6.17 Å². The summed E-state index contributed by atoms with van der Waals surface area (Å²) in [6, 6.07) is 1.57. The summed E-state index contributed by atoms with van der Waals surface area (Å²) in [7, 11) is 1.71. The molecule has 0 aliphatic carbocycles. The quantitative estimate of drug-likeness (QED) is 0.894. The lowest BCUT2D eigenvalue weighted by Crippen LogP contribution is -2.42. The Morgan fingerprint density at radius 1 is 1.62 bits per heavy atom. The lowest BCUT2D eigenvalue weighted by Gasteiger charge is -2.27. The molecule has 24 heavy (non-hydrogen) atoms. The van der Waals surface area contributed by atoms with Crippen molar-refractivity contribution in [2.24, 2.45) is 0 Å². The van der Waals surface area contributed by atoms with Gasteiger partial charge >= 0.3 is 6.03 Å². The molecule has 130 valence electrons. The highest BCUT2D eigenvalue weighted by Crippen LogP contribution is 2.23. The summed E-state index contributed by atoms with van der Waals surface area (Å²) in [4.78, 5) is 19.9. The third kappa shape index (κ3) is 4.09. The highest BCUT2D eigenvalue weighted by molar-refractivity contribution is 7.08. The monoisotopic (exact) mass is 353 g/mol. The van der Waals surface area contributed by atoms with Crippen LogP contribution < -0.4 is 5.32 Å². The number of urea groups is 1. The van der Waals surface area contributed by atoms with Crippen LogP contribution in [0.4, 0.5) is 14.9 Å². The molecule has 7 nitrogen and oxygen atoms in total. The zero-order valence-corrected chi connectivity index (χ0v) is 14.4. The molecular formula is C15H20FN5O2S. The minimum atomic E-state index is -0.906. The molecule has 0 radical (unpaired) electrons. The average molecular weight is 353 g/mol.